The van der Waals surface area contributed by atoms with E-state index in [1.807, 2.05) is 0 Å². The second kappa shape index (κ2) is 6.18. The average molecular weight is 289 g/mol. The number of halogens is 3. The van der Waals surface area contributed by atoms with E-state index in [4.69, 9.17) is 5.11 Å². The molecule has 5 nitrogen and oxygen atoms in total. The van der Waals surface area contributed by atoms with Gasteiger partial charge >= 0.3 is 18.1 Å². The Morgan fingerprint density at radius 3 is 2.15 bits per heavy atom. The van der Waals surface area contributed by atoms with Crippen LogP contribution in [-0.2, 0) is 9.59 Å². The molecule has 8 heteroatoms. The van der Waals surface area contributed by atoms with Crippen LogP contribution in [0.2, 0.25) is 0 Å². The van der Waals surface area contributed by atoms with Crippen LogP contribution in [0.25, 0.3) is 0 Å². The molecule has 1 amide bonds. The summed E-state index contributed by atoms with van der Waals surface area (Å²) in [5.41, 5.74) is 0.153. The van der Waals surface area contributed by atoms with Crippen LogP contribution in [0, 0.1) is 0 Å². The van der Waals surface area contributed by atoms with Crippen molar-refractivity contribution in [3.8, 4) is 0 Å². The molecule has 1 atom stereocenters. The van der Waals surface area contributed by atoms with Crippen molar-refractivity contribution in [2.75, 3.05) is 0 Å². The number of hydrogen-bond donors (Lipinski definition) is 2. The summed E-state index contributed by atoms with van der Waals surface area (Å²) in [6, 6.07) is 5.53. The minimum atomic E-state index is -5.20. The van der Waals surface area contributed by atoms with E-state index >= 15 is 0 Å². The Kier molecular flexibility index (Phi) is 4.84. The van der Waals surface area contributed by atoms with Crippen molar-refractivity contribution in [2.45, 2.75) is 18.6 Å². The molecule has 1 aromatic rings. The first-order chi connectivity index (χ1) is 9.21. The van der Waals surface area contributed by atoms with Gasteiger partial charge in [-0.3, -0.25) is 9.59 Å². The van der Waals surface area contributed by atoms with Gasteiger partial charge in [-0.15, -0.1) is 0 Å². The molecule has 1 aromatic carbocycles. The SMILES string of the molecule is O=C(CC(NC(=O)C(F)(F)F)C(=O)O)c1ccccc1. The molecule has 2 N–H and O–H groups in total. The van der Waals surface area contributed by atoms with Gasteiger partial charge < -0.3 is 10.4 Å². The second-order valence-corrected chi connectivity index (χ2v) is 3.86. The normalized spacial score (nSPS) is 12.6. The summed E-state index contributed by atoms with van der Waals surface area (Å²) in [7, 11) is 0. The fraction of sp³-hybridized carbons (Fsp3) is 0.250. The summed E-state index contributed by atoms with van der Waals surface area (Å²) in [6.07, 6.45) is -5.97. The van der Waals surface area contributed by atoms with Crippen molar-refractivity contribution in [2.24, 2.45) is 0 Å². The van der Waals surface area contributed by atoms with E-state index in [1.54, 1.807) is 6.07 Å². The van der Waals surface area contributed by atoms with Gasteiger partial charge in [0.15, 0.2) is 5.78 Å². The van der Waals surface area contributed by atoms with E-state index in [0.29, 0.717) is 0 Å². The lowest BCUT2D eigenvalue weighted by atomic mass is 10.0. The molecule has 1 unspecified atom stereocenters. The average Bonchev–Trinajstić information content (AvgIpc) is 2.37. The van der Waals surface area contributed by atoms with Gasteiger partial charge in [-0.1, -0.05) is 30.3 Å². The zero-order valence-corrected chi connectivity index (χ0v) is 9.98. The molecule has 108 valence electrons. The zero-order valence-electron chi connectivity index (χ0n) is 9.98. The lowest BCUT2D eigenvalue weighted by Crippen LogP contribution is -2.47. The molecule has 1 rings (SSSR count). The zero-order chi connectivity index (χ0) is 15.3. The maximum atomic E-state index is 12.0. The second-order valence-electron chi connectivity index (χ2n) is 3.86. The molecule has 0 bridgehead atoms. The molecule has 0 aliphatic rings. The molecule has 0 fully saturated rings. The highest BCUT2D eigenvalue weighted by Gasteiger charge is 2.41. The van der Waals surface area contributed by atoms with Crippen molar-refractivity contribution in [3.63, 3.8) is 0 Å². The molecule has 20 heavy (non-hydrogen) atoms. The van der Waals surface area contributed by atoms with Crippen LogP contribution in [0.1, 0.15) is 16.8 Å². The monoisotopic (exact) mass is 289 g/mol. The van der Waals surface area contributed by atoms with Crippen LogP contribution in [0.15, 0.2) is 30.3 Å². The third-order valence-electron chi connectivity index (χ3n) is 2.35. The summed E-state index contributed by atoms with van der Waals surface area (Å²) >= 11 is 0. The highest BCUT2D eigenvalue weighted by molar-refractivity contribution is 5.99. The number of carbonyl (C=O) groups is 3. The van der Waals surface area contributed by atoms with Crippen LogP contribution in [0.4, 0.5) is 13.2 Å². The Hall–Kier alpha value is -2.38. The fourth-order valence-electron chi connectivity index (χ4n) is 1.37. The van der Waals surface area contributed by atoms with Gasteiger partial charge in [-0.05, 0) is 0 Å². The lowest BCUT2D eigenvalue weighted by molar-refractivity contribution is -0.175. The van der Waals surface area contributed by atoms with E-state index in [-0.39, 0.29) is 5.56 Å². The van der Waals surface area contributed by atoms with Crippen LogP contribution in [0.3, 0.4) is 0 Å². The minimum absolute atomic E-state index is 0.153. The van der Waals surface area contributed by atoms with Crippen LogP contribution >= 0.6 is 0 Å². The molecule has 0 saturated carbocycles. The van der Waals surface area contributed by atoms with Gasteiger partial charge in [0.1, 0.15) is 6.04 Å². The number of alkyl halides is 3. The highest BCUT2D eigenvalue weighted by atomic mass is 19.4. The quantitative estimate of drug-likeness (QED) is 0.802. The number of aliphatic carboxylic acids is 1. The Balaban J connectivity index is 2.76. The van der Waals surface area contributed by atoms with Crippen molar-refractivity contribution < 1.29 is 32.7 Å². The maximum Gasteiger partial charge on any atom is 0.471 e. The van der Waals surface area contributed by atoms with Gasteiger partial charge in [0, 0.05) is 12.0 Å². The Morgan fingerprint density at radius 2 is 1.70 bits per heavy atom. The molecular formula is C12H10F3NO4. The molecule has 0 aromatic heterocycles. The molecule has 0 aliphatic carbocycles. The summed E-state index contributed by atoms with van der Waals surface area (Å²) in [5.74, 6) is -4.79. The van der Waals surface area contributed by atoms with Crippen molar-refractivity contribution >= 4 is 17.7 Å². The summed E-state index contributed by atoms with van der Waals surface area (Å²) in [5, 5.41) is 10.0. The smallest absolute Gasteiger partial charge is 0.471 e. The van der Waals surface area contributed by atoms with E-state index in [2.05, 4.69) is 0 Å². The summed E-state index contributed by atoms with van der Waals surface area (Å²) in [6.45, 7) is 0. The molecule has 0 aliphatic heterocycles. The third-order valence-corrected chi connectivity index (χ3v) is 2.35. The number of carboxylic acid groups (broad SMARTS) is 1. The predicted octanol–water partition coefficient (Wildman–Crippen LogP) is 1.39. The van der Waals surface area contributed by atoms with Gasteiger partial charge in [0.25, 0.3) is 0 Å². The standard InChI is InChI=1S/C12H10F3NO4/c13-12(14,15)11(20)16-8(10(18)19)6-9(17)7-4-2-1-3-5-7/h1-5,8H,6H2,(H,16,20)(H,18,19). The molecular weight excluding hydrogens is 279 g/mol. The number of carboxylic acids is 1. The lowest BCUT2D eigenvalue weighted by Gasteiger charge is -2.15. The van der Waals surface area contributed by atoms with E-state index in [0.717, 1.165) is 0 Å². The first-order valence-corrected chi connectivity index (χ1v) is 5.40. The van der Waals surface area contributed by atoms with E-state index < -0.39 is 36.3 Å². The van der Waals surface area contributed by atoms with Crippen molar-refractivity contribution in [3.05, 3.63) is 35.9 Å². The van der Waals surface area contributed by atoms with Crippen LogP contribution < -0.4 is 5.32 Å². The van der Waals surface area contributed by atoms with Crippen molar-refractivity contribution in [1.29, 1.82) is 0 Å². The predicted molar refractivity (Wildman–Crippen MR) is 61.0 cm³/mol. The van der Waals surface area contributed by atoms with Gasteiger partial charge in [0.2, 0.25) is 0 Å². The summed E-state index contributed by atoms with van der Waals surface area (Å²) in [4.78, 5) is 33.2. The van der Waals surface area contributed by atoms with E-state index in [9.17, 15) is 27.6 Å². The molecule has 0 radical (unpaired) electrons. The molecule has 0 saturated heterocycles. The maximum absolute atomic E-state index is 12.0. The third kappa shape index (κ3) is 4.38. The minimum Gasteiger partial charge on any atom is -0.480 e. The fourth-order valence-corrected chi connectivity index (χ4v) is 1.37. The van der Waals surface area contributed by atoms with Crippen molar-refractivity contribution in [1.82, 2.24) is 5.32 Å². The number of nitrogens with one attached hydrogen (secondary N) is 1. The topological polar surface area (TPSA) is 83.5 Å². The number of carbonyl (C=O) groups excluding carboxylic acids is 2. The Morgan fingerprint density at radius 1 is 1.15 bits per heavy atom. The largest absolute Gasteiger partial charge is 0.480 e. The first-order valence-electron chi connectivity index (χ1n) is 5.40. The van der Waals surface area contributed by atoms with Gasteiger partial charge in [0.05, 0.1) is 0 Å². The summed E-state index contributed by atoms with van der Waals surface area (Å²) < 4.78 is 36.1. The molecule has 0 heterocycles. The van der Waals surface area contributed by atoms with Gasteiger partial charge in [-0.25, -0.2) is 4.79 Å². The van der Waals surface area contributed by atoms with Crippen LogP contribution in [-0.4, -0.2) is 35.0 Å². The van der Waals surface area contributed by atoms with Gasteiger partial charge in [-0.2, -0.15) is 13.2 Å². The Bertz CT molecular complexity index is 513. The number of rotatable bonds is 5. The number of amides is 1. The molecule has 0 spiro atoms. The number of ketones is 1. The van der Waals surface area contributed by atoms with Crippen LogP contribution in [0.5, 0.6) is 0 Å². The number of Topliss-reactive ketones (excluding diaryl/α,β-unsaturated/α-hetero) is 1. The number of hydrogen-bond acceptors (Lipinski definition) is 3. The first kappa shape index (κ1) is 15.7. The highest BCUT2D eigenvalue weighted by Crippen LogP contribution is 2.15. The van der Waals surface area contributed by atoms with E-state index in [1.165, 1.54) is 29.6 Å². The Labute approximate surface area is 111 Å². The number of benzene rings is 1.